The summed E-state index contributed by atoms with van der Waals surface area (Å²) >= 11 is 0. The molecule has 0 aromatic carbocycles. The predicted octanol–water partition coefficient (Wildman–Crippen LogP) is 2.38. The second kappa shape index (κ2) is 3.80. The van der Waals surface area contributed by atoms with Gasteiger partial charge in [0.15, 0.2) is 5.69 Å². The van der Waals surface area contributed by atoms with Crippen LogP contribution in [0, 0.1) is 0 Å². The number of H-pyrrole nitrogens is 1. The van der Waals surface area contributed by atoms with Crippen molar-refractivity contribution in [2.45, 2.75) is 32.5 Å². The summed E-state index contributed by atoms with van der Waals surface area (Å²) in [7, 11) is 0. The Morgan fingerprint density at radius 3 is 2.31 bits per heavy atom. The van der Waals surface area contributed by atoms with E-state index in [0.29, 0.717) is 6.07 Å². The zero-order chi connectivity index (χ0) is 12.6. The lowest BCUT2D eigenvalue weighted by atomic mass is 10.2. The Balaban J connectivity index is 2.83. The average Bonchev–Trinajstić information content (AvgIpc) is 2.46. The number of rotatable bonds is 1. The van der Waals surface area contributed by atoms with E-state index >= 15 is 0 Å². The molecule has 1 aromatic rings. The number of ether oxygens (including phenoxy) is 1. The first-order valence-electron chi connectivity index (χ1n) is 4.45. The number of esters is 1. The van der Waals surface area contributed by atoms with Gasteiger partial charge in [0.1, 0.15) is 11.3 Å². The number of nitrogens with zero attached hydrogens (tertiary/aromatic N) is 1. The van der Waals surface area contributed by atoms with Gasteiger partial charge >= 0.3 is 12.1 Å². The molecule has 0 aliphatic rings. The maximum atomic E-state index is 12.2. The fourth-order valence-electron chi connectivity index (χ4n) is 0.902. The molecule has 0 saturated carbocycles. The Bertz CT molecular complexity index is 390. The highest BCUT2D eigenvalue weighted by molar-refractivity contribution is 5.87. The predicted molar refractivity (Wildman–Crippen MR) is 48.8 cm³/mol. The average molecular weight is 236 g/mol. The fraction of sp³-hybridized carbons (Fsp3) is 0.556. The molecule has 0 unspecified atom stereocenters. The Kier molecular flexibility index (Phi) is 2.98. The Morgan fingerprint density at radius 2 is 1.94 bits per heavy atom. The first-order valence-corrected chi connectivity index (χ1v) is 4.45. The lowest BCUT2D eigenvalue weighted by Gasteiger charge is -2.18. The number of halogens is 3. The maximum Gasteiger partial charge on any atom is 0.432 e. The molecule has 1 N–H and O–H groups in total. The second-order valence-corrected chi connectivity index (χ2v) is 4.17. The molecule has 0 fully saturated rings. The Hall–Kier alpha value is -1.53. The lowest BCUT2D eigenvalue weighted by Crippen LogP contribution is -2.24. The molecule has 1 rings (SSSR count). The highest BCUT2D eigenvalue weighted by Gasteiger charge is 2.34. The fourth-order valence-corrected chi connectivity index (χ4v) is 0.902. The van der Waals surface area contributed by atoms with E-state index in [1.54, 1.807) is 25.9 Å². The zero-order valence-corrected chi connectivity index (χ0v) is 8.97. The van der Waals surface area contributed by atoms with Gasteiger partial charge in [-0.15, -0.1) is 0 Å². The van der Waals surface area contributed by atoms with Gasteiger partial charge in [-0.25, -0.2) is 4.79 Å². The van der Waals surface area contributed by atoms with Crippen molar-refractivity contribution in [2.75, 3.05) is 0 Å². The first kappa shape index (κ1) is 12.5. The van der Waals surface area contributed by atoms with E-state index in [1.165, 1.54) is 0 Å². The van der Waals surface area contributed by atoms with Gasteiger partial charge in [-0.3, -0.25) is 5.10 Å². The molecule has 0 aliphatic carbocycles. The van der Waals surface area contributed by atoms with Gasteiger partial charge in [-0.1, -0.05) is 0 Å². The van der Waals surface area contributed by atoms with E-state index in [2.05, 4.69) is 5.10 Å². The summed E-state index contributed by atoms with van der Waals surface area (Å²) in [4.78, 5) is 11.3. The number of carbonyl (C=O) groups excluding carboxylic acids is 1. The van der Waals surface area contributed by atoms with E-state index in [1.807, 2.05) is 0 Å². The van der Waals surface area contributed by atoms with Crippen molar-refractivity contribution in [1.29, 1.82) is 0 Å². The standard InChI is InChI=1S/C9H11F3N2O2/c1-8(2,3)16-7(15)5-4-6(14-13-5)9(10,11)12/h4H,1-3H3,(H,13,14). The summed E-state index contributed by atoms with van der Waals surface area (Å²) in [6.45, 7) is 4.84. The Morgan fingerprint density at radius 1 is 1.38 bits per heavy atom. The van der Waals surface area contributed by atoms with Crippen LogP contribution in [0.15, 0.2) is 6.07 Å². The summed E-state index contributed by atoms with van der Waals surface area (Å²) in [5.74, 6) is -0.890. The molecule has 0 radical (unpaired) electrons. The van der Waals surface area contributed by atoms with Crippen LogP contribution in [-0.2, 0) is 10.9 Å². The monoisotopic (exact) mass is 236 g/mol. The molecule has 16 heavy (non-hydrogen) atoms. The third-order valence-electron chi connectivity index (χ3n) is 1.49. The van der Waals surface area contributed by atoms with E-state index in [0.717, 1.165) is 0 Å². The molecule has 7 heteroatoms. The molecule has 1 aromatic heterocycles. The van der Waals surface area contributed by atoms with Crippen molar-refractivity contribution in [1.82, 2.24) is 10.2 Å². The van der Waals surface area contributed by atoms with Crippen LogP contribution in [0.3, 0.4) is 0 Å². The quantitative estimate of drug-likeness (QED) is 0.761. The van der Waals surface area contributed by atoms with E-state index in [-0.39, 0.29) is 5.69 Å². The third kappa shape index (κ3) is 3.25. The van der Waals surface area contributed by atoms with Crippen molar-refractivity contribution < 1.29 is 22.7 Å². The van der Waals surface area contributed by atoms with E-state index in [9.17, 15) is 18.0 Å². The highest BCUT2D eigenvalue weighted by Crippen LogP contribution is 2.27. The summed E-state index contributed by atoms with van der Waals surface area (Å²) < 4.78 is 41.4. The molecule has 0 atom stereocenters. The zero-order valence-electron chi connectivity index (χ0n) is 8.97. The smallest absolute Gasteiger partial charge is 0.432 e. The number of carbonyl (C=O) groups is 1. The minimum atomic E-state index is -4.55. The summed E-state index contributed by atoms with van der Waals surface area (Å²) in [6.07, 6.45) is -4.55. The van der Waals surface area contributed by atoms with Gasteiger partial charge in [-0.2, -0.15) is 18.3 Å². The van der Waals surface area contributed by atoms with Gasteiger partial charge in [0.25, 0.3) is 0 Å². The summed E-state index contributed by atoms with van der Waals surface area (Å²) in [5.41, 5.74) is -2.23. The van der Waals surface area contributed by atoms with Crippen molar-refractivity contribution >= 4 is 5.97 Å². The normalized spacial score (nSPS) is 12.6. The summed E-state index contributed by atoms with van der Waals surface area (Å²) in [6, 6.07) is 0.619. The van der Waals surface area contributed by atoms with Crippen molar-refractivity contribution in [3.63, 3.8) is 0 Å². The molecular formula is C9H11F3N2O2. The van der Waals surface area contributed by atoms with Crippen LogP contribution in [0.1, 0.15) is 37.0 Å². The van der Waals surface area contributed by atoms with Crippen LogP contribution < -0.4 is 0 Å². The van der Waals surface area contributed by atoms with Crippen molar-refractivity contribution in [3.05, 3.63) is 17.5 Å². The summed E-state index contributed by atoms with van der Waals surface area (Å²) in [5, 5.41) is 4.98. The van der Waals surface area contributed by atoms with Crippen LogP contribution in [0.25, 0.3) is 0 Å². The van der Waals surface area contributed by atoms with Gasteiger partial charge in [0.2, 0.25) is 0 Å². The number of alkyl halides is 3. The maximum absolute atomic E-state index is 12.2. The van der Waals surface area contributed by atoms with Crippen LogP contribution in [0.4, 0.5) is 13.2 Å². The highest BCUT2D eigenvalue weighted by atomic mass is 19.4. The minimum absolute atomic E-state index is 0.387. The van der Waals surface area contributed by atoms with E-state index in [4.69, 9.17) is 4.74 Å². The van der Waals surface area contributed by atoms with Crippen molar-refractivity contribution in [3.8, 4) is 0 Å². The number of nitrogens with one attached hydrogen (secondary N) is 1. The molecule has 4 nitrogen and oxygen atoms in total. The molecule has 0 saturated heterocycles. The van der Waals surface area contributed by atoms with Gasteiger partial charge in [0.05, 0.1) is 0 Å². The van der Waals surface area contributed by atoms with Crippen molar-refractivity contribution in [2.24, 2.45) is 0 Å². The van der Waals surface area contributed by atoms with Gasteiger partial charge < -0.3 is 4.74 Å². The van der Waals surface area contributed by atoms with Gasteiger partial charge in [0, 0.05) is 6.07 Å². The van der Waals surface area contributed by atoms with E-state index < -0.39 is 23.4 Å². The molecular weight excluding hydrogens is 225 g/mol. The SMILES string of the molecule is CC(C)(C)OC(=O)c1cc(C(F)(F)F)[nH]n1. The number of aromatic amines is 1. The number of hydrogen-bond acceptors (Lipinski definition) is 3. The number of hydrogen-bond donors (Lipinski definition) is 1. The van der Waals surface area contributed by atoms with Crippen LogP contribution in [-0.4, -0.2) is 21.8 Å². The molecule has 0 amide bonds. The number of aromatic nitrogens is 2. The van der Waals surface area contributed by atoms with Crippen LogP contribution in [0.5, 0.6) is 0 Å². The molecule has 0 spiro atoms. The third-order valence-corrected chi connectivity index (χ3v) is 1.49. The molecule has 90 valence electrons. The largest absolute Gasteiger partial charge is 0.455 e. The minimum Gasteiger partial charge on any atom is -0.455 e. The molecule has 0 bridgehead atoms. The lowest BCUT2D eigenvalue weighted by molar-refractivity contribution is -0.141. The molecule has 0 aliphatic heterocycles. The van der Waals surface area contributed by atoms with Crippen LogP contribution >= 0.6 is 0 Å². The van der Waals surface area contributed by atoms with Crippen LogP contribution in [0.2, 0.25) is 0 Å². The molecule has 1 heterocycles. The first-order chi connectivity index (χ1) is 7.09. The topological polar surface area (TPSA) is 55.0 Å². The second-order valence-electron chi connectivity index (χ2n) is 4.17. The Labute approximate surface area is 89.8 Å². The van der Waals surface area contributed by atoms with Gasteiger partial charge in [-0.05, 0) is 20.8 Å².